The van der Waals surface area contributed by atoms with Crippen molar-refractivity contribution in [1.29, 1.82) is 0 Å². The van der Waals surface area contributed by atoms with Crippen molar-refractivity contribution in [3.8, 4) is 0 Å². The summed E-state index contributed by atoms with van der Waals surface area (Å²) in [7, 11) is 0. The van der Waals surface area contributed by atoms with E-state index in [1.807, 2.05) is 39.8 Å². The van der Waals surface area contributed by atoms with Crippen LogP contribution in [0, 0.1) is 13.8 Å². The molecule has 0 aromatic heterocycles. The standard InChI is InChI=1S/C16H23ClN2O2/c1-10(2)18-15(21)6-7-19(13(5)20)16-12(4)8-11(3)9-14(16)17/h8-10H,6-7H2,1-5H3,(H,18,21). The highest BCUT2D eigenvalue weighted by Gasteiger charge is 2.18. The van der Waals surface area contributed by atoms with Gasteiger partial charge >= 0.3 is 0 Å². The fourth-order valence-electron chi connectivity index (χ4n) is 2.28. The van der Waals surface area contributed by atoms with Gasteiger partial charge in [0.25, 0.3) is 0 Å². The van der Waals surface area contributed by atoms with Crippen LogP contribution in [0.4, 0.5) is 5.69 Å². The van der Waals surface area contributed by atoms with Gasteiger partial charge in [-0.3, -0.25) is 9.59 Å². The fourth-order valence-corrected chi connectivity index (χ4v) is 2.71. The molecule has 0 radical (unpaired) electrons. The van der Waals surface area contributed by atoms with Gasteiger partial charge < -0.3 is 10.2 Å². The first kappa shape index (κ1) is 17.5. The van der Waals surface area contributed by atoms with Crippen LogP contribution >= 0.6 is 11.6 Å². The lowest BCUT2D eigenvalue weighted by Crippen LogP contribution is -2.36. The molecule has 4 nitrogen and oxygen atoms in total. The first-order valence-corrected chi connectivity index (χ1v) is 7.44. The van der Waals surface area contributed by atoms with Gasteiger partial charge in [0.05, 0.1) is 10.7 Å². The quantitative estimate of drug-likeness (QED) is 0.907. The number of hydrogen-bond acceptors (Lipinski definition) is 2. The monoisotopic (exact) mass is 310 g/mol. The van der Waals surface area contributed by atoms with Gasteiger partial charge in [0.15, 0.2) is 0 Å². The third-order valence-corrected chi connectivity index (χ3v) is 3.35. The van der Waals surface area contributed by atoms with E-state index in [0.29, 0.717) is 17.3 Å². The Balaban J connectivity index is 2.94. The lowest BCUT2D eigenvalue weighted by molar-refractivity contribution is -0.121. The highest BCUT2D eigenvalue weighted by atomic mass is 35.5. The highest BCUT2D eigenvalue weighted by molar-refractivity contribution is 6.34. The number of nitrogens with one attached hydrogen (secondary N) is 1. The molecule has 0 aliphatic rings. The van der Waals surface area contributed by atoms with Gasteiger partial charge in [0, 0.05) is 25.9 Å². The van der Waals surface area contributed by atoms with E-state index < -0.39 is 0 Å². The molecule has 2 amide bonds. The first-order chi connectivity index (χ1) is 9.72. The molecule has 0 saturated heterocycles. The molecule has 0 saturated carbocycles. The lowest BCUT2D eigenvalue weighted by Gasteiger charge is -2.24. The molecular formula is C16H23ClN2O2. The number of hydrogen-bond donors (Lipinski definition) is 1. The Labute approximate surface area is 131 Å². The Hall–Kier alpha value is -1.55. The van der Waals surface area contributed by atoms with E-state index in [9.17, 15) is 9.59 Å². The van der Waals surface area contributed by atoms with Gasteiger partial charge in [0.2, 0.25) is 11.8 Å². The zero-order chi connectivity index (χ0) is 16.2. The molecule has 0 heterocycles. The van der Waals surface area contributed by atoms with Gasteiger partial charge in [-0.2, -0.15) is 0 Å². The summed E-state index contributed by atoms with van der Waals surface area (Å²) >= 11 is 6.28. The number of aryl methyl sites for hydroxylation is 2. The molecule has 1 N–H and O–H groups in total. The van der Waals surface area contributed by atoms with Crippen LogP contribution in [0.2, 0.25) is 5.02 Å². The summed E-state index contributed by atoms with van der Waals surface area (Å²) in [6, 6.07) is 3.90. The summed E-state index contributed by atoms with van der Waals surface area (Å²) in [5.41, 5.74) is 2.66. The minimum atomic E-state index is -0.124. The number of amides is 2. The minimum absolute atomic E-state index is 0.0721. The Bertz CT molecular complexity index is 518. The second-order valence-corrected chi connectivity index (χ2v) is 5.96. The van der Waals surface area contributed by atoms with Crippen LogP contribution in [0.1, 0.15) is 38.3 Å². The molecule has 0 spiro atoms. The Morgan fingerprint density at radius 2 is 1.90 bits per heavy atom. The Kier molecular flexibility index (Phi) is 6.21. The van der Waals surface area contributed by atoms with E-state index in [4.69, 9.17) is 11.6 Å². The molecule has 0 unspecified atom stereocenters. The van der Waals surface area contributed by atoms with Crippen molar-refractivity contribution < 1.29 is 9.59 Å². The number of halogens is 1. The molecule has 0 fully saturated rings. The Morgan fingerprint density at radius 3 is 2.38 bits per heavy atom. The topological polar surface area (TPSA) is 49.4 Å². The second kappa shape index (κ2) is 7.46. The van der Waals surface area contributed by atoms with E-state index in [2.05, 4.69) is 5.32 Å². The summed E-state index contributed by atoms with van der Waals surface area (Å²) in [4.78, 5) is 25.2. The third-order valence-electron chi connectivity index (χ3n) is 3.06. The minimum Gasteiger partial charge on any atom is -0.354 e. The number of benzene rings is 1. The van der Waals surface area contributed by atoms with E-state index >= 15 is 0 Å². The molecule has 1 aromatic rings. The van der Waals surface area contributed by atoms with Gasteiger partial charge in [-0.25, -0.2) is 0 Å². The maximum Gasteiger partial charge on any atom is 0.223 e. The Morgan fingerprint density at radius 1 is 1.29 bits per heavy atom. The van der Waals surface area contributed by atoms with Gasteiger partial charge in [-0.1, -0.05) is 17.7 Å². The van der Waals surface area contributed by atoms with E-state index in [0.717, 1.165) is 11.1 Å². The zero-order valence-electron chi connectivity index (χ0n) is 13.3. The average molecular weight is 311 g/mol. The van der Waals surface area contributed by atoms with Crippen molar-refractivity contribution in [2.24, 2.45) is 0 Å². The van der Waals surface area contributed by atoms with E-state index in [-0.39, 0.29) is 24.3 Å². The van der Waals surface area contributed by atoms with Crippen LogP contribution in [0.5, 0.6) is 0 Å². The number of carbonyl (C=O) groups excluding carboxylic acids is 2. The molecule has 21 heavy (non-hydrogen) atoms. The fraction of sp³-hybridized carbons (Fsp3) is 0.500. The van der Waals surface area contributed by atoms with Gasteiger partial charge in [-0.05, 0) is 44.9 Å². The van der Waals surface area contributed by atoms with E-state index in [1.54, 1.807) is 4.90 Å². The van der Waals surface area contributed by atoms with Gasteiger partial charge in [0.1, 0.15) is 0 Å². The molecule has 0 bridgehead atoms. The predicted octanol–water partition coefficient (Wildman–Crippen LogP) is 3.22. The van der Waals surface area contributed by atoms with Crippen LogP contribution in [0.3, 0.4) is 0 Å². The average Bonchev–Trinajstić information content (AvgIpc) is 2.30. The van der Waals surface area contributed by atoms with Crippen molar-refractivity contribution in [3.63, 3.8) is 0 Å². The molecule has 0 aliphatic carbocycles. The molecule has 5 heteroatoms. The van der Waals surface area contributed by atoms with Crippen LogP contribution in [-0.2, 0) is 9.59 Å². The maximum atomic E-state index is 11.9. The summed E-state index contributed by atoms with van der Waals surface area (Å²) < 4.78 is 0. The van der Waals surface area contributed by atoms with Crippen molar-refractivity contribution in [3.05, 3.63) is 28.3 Å². The van der Waals surface area contributed by atoms with E-state index in [1.165, 1.54) is 6.92 Å². The summed E-state index contributed by atoms with van der Waals surface area (Å²) in [5.74, 6) is -0.196. The van der Waals surface area contributed by atoms with Crippen molar-refractivity contribution in [2.75, 3.05) is 11.4 Å². The SMILES string of the molecule is CC(=O)N(CCC(=O)NC(C)C)c1c(C)cc(C)cc1Cl. The number of anilines is 1. The van der Waals surface area contributed by atoms with Crippen LogP contribution < -0.4 is 10.2 Å². The second-order valence-electron chi connectivity index (χ2n) is 5.56. The van der Waals surface area contributed by atoms with Crippen molar-refractivity contribution in [1.82, 2.24) is 5.32 Å². The largest absolute Gasteiger partial charge is 0.354 e. The summed E-state index contributed by atoms with van der Waals surface area (Å²) in [6.45, 7) is 9.48. The van der Waals surface area contributed by atoms with Crippen LogP contribution in [-0.4, -0.2) is 24.4 Å². The van der Waals surface area contributed by atoms with Crippen molar-refractivity contribution in [2.45, 2.75) is 47.1 Å². The smallest absolute Gasteiger partial charge is 0.223 e. The molecule has 116 valence electrons. The van der Waals surface area contributed by atoms with Crippen LogP contribution in [0.15, 0.2) is 12.1 Å². The predicted molar refractivity (Wildman–Crippen MR) is 86.8 cm³/mol. The maximum absolute atomic E-state index is 11.9. The summed E-state index contributed by atoms with van der Waals surface area (Å²) in [5, 5.41) is 3.35. The molecule has 1 rings (SSSR count). The van der Waals surface area contributed by atoms with Crippen LogP contribution in [0.25, 0.3) is 0 Å². The zero-order valence-corrected chi connectivity index (χ0v) is 14.0. The number of rotatable bonds is 5. The molecule has 1 aromatic carbocycles. The first-order valence-electron chi connectivity index (χ1n) is 7.06. The third kappa shape index (κ3) is 5.05. The molecule has 0 aliphatic heterocycles. The molecular weight excluding hydrogens is 288 g/mol. The highest BCUT2D eigenvalue weighted by Crippen LogP contribution is 2.31. The van der Waals surface area contributed by atoms with Gasteiger partial charge in [-0.15, -0.1) is 0 Å². The summed E-state index contributed by atoms with van der Waals surface area (Å²) in [6.07, 6.45) is 0.251. The normalized spacial score (nSPS) is 10.6. The van der Waals surface area contributed by atoms with Crippen molar-refractivity contribution >= 4 is 29.1 Å². The lowest BCUT2D eigenvalue weighted by atomic mass is 10.1. The number of carbonyl (C=O) groups is 2. The number of nitrogens with zero attached hydrogens (tertiary/aromatic N) is 1. The molecule has 0 atom stereocenters.